The molecule has 0 spiro atoms. The maximum absolute atomic E-state index is 5.94. The maximum atomic E-state index is 5.94. The Hall–Kier alpha value is -0.580. The molecule has 1 saturated carbocycles. The summed E-state index contributed by atoms with van der Waals surface area (Å²) in [5, 5.41) is 4.12. The molecule has 0 saturated heterocycles. The van der Waals surface area contributed by atoms with Crippen molar-refractivity contribution >= 4 is 11.6 Å². The standard InChI is InChI=1S/C13H23ClN4/c1-17(11-5-3-4-6-11)8-7-15-10-13-16-9-12(14)18(13)2/h9,11,15H,3-8,10H2,1-2H3. The molecule has 0 aliphatic heterocycles. The van der Waals surface area contributed by atoms with Gasteiger partial charge in [-0.1, -0.05) is 24.4 Å². The van der Waals surface area contributed by atoms with E-state index in [9.17, 15) is 0 Å². The van der Waals surface area contributed by atoms with Crippen molar-refractivity contribution in [1.29, 1.82) is 0 Å². The molecule has 0 amide bonds. The summed E-state index contributed by atoms with van der Waals surface area (Å²) in [6.07, 6.45) is 7.22. The third-order valence-corrected chi connectivity index (χ3v) is 4.25. The minimum absolute atomic E-state index is 0.690. The van der Waals surface area contributed by atoms with E-state index in [2.05, 4.69) is 22.2 Å². The van der Waals surface area contributed by atoms with Gasteiger partial charge in [0.1, 0.15) is 11.0 Å². The lowest BCUT2D eigenvalue weighted by Gasteiger charge is -2.23. The van der Waals surface area contributed by atoms with Crippen LogP contribution in [0.4, 0.5) is 0 Å². The average molecular weight is 271 g/mol. The summed E-state index contributed by atoms with van der Waals surface area (Å²) in [5.41, 5.74) is 0. The van der Waals surface area contributed by atoms with Crippen molar-refractivity contribution in [2.24, 2.45) is 7.05 Å². The Morgan fingerprint density at radius 3 is 2.83 bits per heavy atom. The highest BCUT2D eigenvalue weighted by atomic mass is 35.5. The van der Waals surface area contributed by atoms with Crippen molar-refractivity contribution in [2.45, 2.75) is 38.3 Å². The highest BCUT2D eigenvalue weighted by Crippen LogP contribution is 2.21. The van der Waals surface area contributed by atoms with Crippen molar-refractivity contribution in [3.63, 3.8) is 0 Å². The van der Waals surface area contributed by atoms with Gasteiger partial charge in [-0.3, -0.25) is 0 Å². The highest BCUT2D eigenvalue weighted by Gasteiger charge is 2.18. The van der Waals surface area contributed by atoms with Crippen LogP contribution in [-0.4, -0.2) is 40.6 Å². The normalized spacial score (nSPS) is 16.9. The van der Waals surface area contributed by atoms with E-state index >= 15 is 0 Å². The zero-order valence-electron chi connectivity index (χ0n) is 11.3. The molecule has 1 aromatic rings. The summed E-state index contributed by atoms with van der Waals surface area (Å²) in [5.74, 6) is 0.989. The van der Waals surface area contributed by atoms with Crippen molar-refractivity contribution in [3.05, 3.63) is 17.2 Å². The lowest BCUT2D eigenvalue weighted by atomic mass is 10.2. The molecule has 2 rings (SSSR count). The van der Waals surface area contributed by atoms with Gasteiger partial charge in [-0.05, 0) is 19.9 Å². The van der Waals surface area contributed by atoms with Gasteiger partial charge in [0.25, 0.3) is 0 Å². The van der Waals surface area contributed by atoms with Gasteiger partial charge in [0, 0.05) is 26.2 Å². The summed E-state index contributed by atoms with van der Waals surface area (Å²) >= 11 is 5.94. The molecule has 1 aliphatic rings. The molecule has 18 heavy (non-hydrogen) atoms. The number of likely N-dealkylation sites (N-methyl/N-ethyl adjacent to an activating group) is 1. The van der Waals surface area contributed by atoms with E-state index in [0.29, 0.717) is 5.15 Å². The van der Waals surface area contributed by atoms with E-state index in [1.807, 2.05) is 11.6 Å². The first-order valence-corrected chi connectivity index (χ1v) is 7.13. The fraction of sp³-hybridized carbons (Fsp3) is 0.769. The molecule has 4 nitrogen and oxygen atoms in total. The molecule has 1 heterocycles. The van der Waals surface area contributed by atoms with E-state index in [1.165, 1.54) is 25.7 Å². The van der Waals surface area contributed by atoms with Crippen LogP contribution in [0.5, 0.6) is 0 Å². The minimum atomic E-state index is 0.690. The van der Waals surface area contributed by atoms with Crippen molar-refractivity contribution in [1.82, 2.24) is 19.8 Å². The molecular formula is C13H23ClN4. The quantitative estimate of drug-likeness (QED) is 0.803. The van der Waals surface area contributed by atoms with Gasteiger partial charge in [0.2, 0.25) is 0 Å². The number of hydrogen-bond donors (Lipinski definition) is 1. The molecule has 0 bridgehead atoms. The number of nitrogens with one attached hydrogen (secondary N) is 1. The fourth-order valence-electron chi connectivity index (χ4n) is 2.57. The summed E-state index contributed by atoms with van der Waals surface area (Å²) < 4.78 is 1.91. The largest absolute Gasteiger partial charge is 0.321 e. The Bertz CT molecular complexity index is 371. The number of rotatable bonds is 6. The number of hydrogen-bond acceptors (Lipinski definition) is 3. The third kappa shape index (κ3) is 3.46. The first-order valence-electron chi connectivity index (χ1n) is 6.75. The SMILES string of the molecule is CN(CCNCc1ncc(Cl)n1C)C1CCCC1. The topological polar surface area (TPSA) is 33.1 Å². The van der Waals surface area contributed by atoms with E-state index < -0.39 is 0 Å². The van der Waals surface area contributed by atoms with Gasteiger partial charge in [0.05, 0.1) is 12.7 Å². The van der Waals surface area contributed by atoms with Crippen LogP contribution >= 0.6 is 11.6 Å². The summed E-state index contributed by atoms with van der Waals surface area (Å²) in [7, 11) is 4.17. The van der Waals surface area contributed by atoms with Crippen LogP contribution in [0, 0.1) is 0 Å². The Kier molecular flexibility index (Phi) is 5.03. The Morgan fingerprint density at radius 1 is 1.50 bits per heavy atom. The molecule has 0 unspecified atom stereocenters. The Morgan fingerprint density at radius 2 is 2.22 bits per heavy atom. The molecule has 1 aromatic heterocycles. The van der Waals surface area contributed by atoms with Gasteiger partial charge in [-0.25, -0.2) is 4.98 Å². The van der Waals surface area contributed by atoms with Crippen molar-refractivity contribution in [2.75, 3.05) is 20.1 Å². The van der Waals surface area contributed by atoms with Crippen LogP contribution in [0.3, 0.4) is 0 Å². The molecule has 0 radical (unpaired) electrons. The average Bonchev–Trinajstić information content (AvgIpc) is 2.99. The van der Waals surface area contributed by atoms with Gasteiger partial charge in [0.15, 0.2) is 0 Å². The van der Waals surface area contributed by atoms with E-state index in [0.717, 1.165) is 31.5 Å². The van der Waals surface area contributed by atoms with Crippen molar-refractivity contribution in [3.8, 4) is 0 Å². The van der Waals surface area contributed by atoms with Gasteiger partial charge in [-0.15, -0.1) is 0 Å². The first-order chi connectivity index (χ1) is 8.68. The Labute approximate surface area is 114 Å². The lowest BCUT2D eigenvalue weighted by molar-refractivity contribution is 0.245. The van der Waals surface area contributed by atoms with Crippen LogP contribution in [0.25, 0.3) is 0 Å². The molecule has 102 valence electrons. The van der Waals surface area contributed by atoms with E-state index in [-0.39, 0.29) is 0 Å². The number of imidazole rings is 1. The number of halogens is 1. The van der Waals surface area contributed by atoms with Gasteiger partial charge < -0.3 is 14.8 Å². The van der Waals surface area contributed by atoms with E-state index in [1.54, 1.807) is 6.20 Å². The summed E-state index contributed by atoms with van der Waals surface area (Å²) in [4.78, 5) is 6.74. The fourth-order valence-corrected chi connectivity index (χ4v) is 2.72. The molecule has 0 aromatic carbocycles. The number of nitrogens with zero attached hydrogens (tertiary/aromatic N) is 3. The predicted octanol–water partition coefficient (Wildman–Crippen LogP) is 2.04. The van der Waals surface area contributed by atoms with Gasteiger partial charge in [-0.2, -0.15) is 0 Å². The zero-order chi connectivity index (χ0) is 13.0. The maximum Gasteiger partial charge on any atom is 0.128 e. The Balaban J connectivity index is 1.65. The van der Waals surface area contributed by atoms with Crippen LogP contribution in [-0.2, 0) is 13.6 Å². The second kappa shape index (κ2) is 6.55. The number of aromatic nitrogens is 2. The second-order valence-corrected chi connectivity index (χ2v) is 5.54. The van der Waals surface area contributed by atoms with Crippen LogP contribution < -0.4 is 5.32 Å². The first kappa shape index (κ1) is 13.8. The van der Waals surface area contributed by atoms with Crippen LogP contribution in [0.15, 0.2) is 6.20 Å². The summed E-state index contributed by atoms with van der Waals surface area (Å²) in [6.45, 7) is 2.88. The van der Waals surface area contributed by atoms with E-state index in [4.69, 9.17) is 11.6 Å². The molecule has 0 atom stereocenters. The van der Waals surface area contributed by atoms with Crippen molar-refractivity contribution < 1.29 is 0 Å². The van der Waals surface area contributed by atoms with Crippen LogP contribution in [0.2, 0.25) is 5.15 Å². The molecule has 1 aliphatic carbocycles. The molecule has 5 heteroatoms. The lowest BCUT2D eigenvalue weighted by Crippen LogP contribution is -2.35. The van der Waals surface area contributed by atoms with Gasteiger partial charge >= 0.3 is 0 Å². The highest BCUT2D eigenvalue weighted by molar-refractivity contribution is 6.29. The smallest absolute Gasteiger partial charge is 0.128 e. The molecular weight excluding hydrogens is 248 g/mol. The third-order valence-electron chi connectivity index (χ3n) is 3.90. The summed E-state index contributed by atoms with van der Waals surface area (Å²) in [6, 6.07) is 0.800. The molecule has 1 fully saturated rings. The predicted molar refractivity (Wildman–Crippen MR) is 74.8 cm³/mol. The minimum Gasteiger partial charge on any atom is -0.321 e. The second-order valence-electron chi connectivity index (χ2n) is 5.15. The van der Waals surface area contributed by atoms with Crippen LogP contribution in [0.1, 0.15) is 31.5 Å². The monoisotopic (exact) mass is 270 g/mol. The zero-order valence-corrected chi connectivity index (χ0v) is 12.1. The molecule has 1 N–H and O–H groups in total.